The lowest BCUT2D eigenvalue weighted by atomic mass is 10.1. The first-order chi connectivity index (χ1) is 14.4. The number of fused-ring (bicyclic) bond motifs is 2. The molecule has 0 saturated carbocycles. The summed E-state index contributed by atoms with van der Waals surface area (Å²) >= 11 is 6.33. The van der Waals surface area contributed by atoms with Crippen molar-refractivity contribution < 1.29 is 14.3 Å². The van der Waals surface area contributed by atoms with Gasteiger partial charge in [0.05, 0.1) is 23.9 Å². The Morgan fingerprint density at radius 2 is 2.00 bits per heavy atom. The third kappa shape index (κ3) is 4.21. The molecule has 0 saturated heterocycles. The van der Waals surface area contributed by atoms with Crippen LogP contribution in [0, 0.1) is 20.8 Å². The minimum absolute atomic E-state index is 0.0335. The molecule has 0 unspecified atom stereocenters. The van der Waals surface area contributed by atoms with E-state index < -0.39 is 0 Å². The molecule has 0 atom stereocenters. The Bertz CT molecular complexity index is 1110. The van der Waals surface area contributed by atoms with E-state index in [1.54, 1.807) is 0 Å². The Labute approximate surface area is 180 Å². The van der Waals surface area contributed by atoms with Gasteiger partial charge in [-0.15, -0.1) is 0 Å². The maximum Gasteiger partial charge on any atom is 0.220 e. The van der Waals surface area contributed by atoms with Crippen molar-refractivity contribution in [1.29, 1.82) is 0 Å². The maximum atomic E-state index is 12.5. The Morgan fingerprint density at radius 1 is 1.20 bits per heavy atom. The van der Waals surface area contributed by atoms with Crippen LogP contribution in [-0.4, -0.2) is 33.7 Å². The molecular weight excluding hydrogens is 404 g/mol. The molecule has 1 aliphatic rings. The third-order valence-electron chi connectivity index (χ3n) is 5.24. The minimum atomic E-state index is -0.0335. The van der Waals surface area contributed by atoms with Crippen molar-refractivity contribution in [3.05, 3.63) is 51.4 Å². The number of halogens is 1. The fourth-order valence-corrected chi connectivity index (χ4v) is 4.00. The van der Waals surface area contributed by atoms with Crippen molar-refractivity contribution in [2.75, 3.05) is 13.2 Å². The van der Waals surface area contributed by atoms with Gasteiger partial charge in [0.2, 0.25) is 5.91 Å². The Balaban J connectivity index is 1.40. The standard InChI is InChI=1S/C22H25ClN4O3/c1-13-9-20-25-14(2)17(15(3)27(20)26-13)5-6-21(28)24-12-16-10-18(23)22-19(11-16)29-7-4-8-30-22/h9-11H,4-8,12H2,1-3H3,(H,24,28). The molecule has 1 aromatic carbocycles. The van der Waals surface area contributed by atoms with Gasteiger partial charge in [-0.1, -0.05) is 11.6 Å². The number of ether oxygens (including phenoxy) is 2. The molecular formula is C22H25ClN4O3. The van der Waals surface area contributed by atoms with Crippen LogP contribution in [0.4, 0.5) is 0 Å². The average molecular weight is 429 g/mol. The fourth-order valence-electron chi connectivity index (χ4n) is 3.72. The average Bonchev–Trinajstić information content (AvgIpc) is 2.92. The number of aromatic nitrogens is 3. The minimum Gasteiger partial charge on any atom is -0.489 e. The molecule has 3 aromatic rings. The van der Waals surface area contributed by atoms with E-state index in [-0.39, 0.29) is 5.91 Å². The van der Waals surface area contributed by atoms with E-state index >= 15 is 0 Å². The van der Waals surface area contributed by atoms with Crippen molar-refractivity contribution in [1.82, 2.24) is 19.9 Å². The number of hydrogen-bond acceptors (Lipinski definition) is 5. The van der Waals surface area contributed by atoms with Gasteiger partial charge in [-0.2, -0.15) is 5.10 Å². The topological polar surface area (TPSA) is 77.8 Å². The number of carbonyl (C=O) groups excluding carboxylic acids is 1. The molecule has 30 heavy (non-hydrogen) atoms. The van der Waals surface area contributed by atoms with Gasteiger partial charge in [0, 0.05) is 36.8 Å². The van der Waals surface area contributed by atoms with E-state index in [9.17, 15) is 4.79 Å². The van der Waals surface area contributed by atoms with Gasteiger partial charge in [0.25, 0.3) is 0 Å². The zero-order valence-electron chi connectivity index (χ0n) is 17.4. The second-order valence-electron chi connectivity index (χ2n) is 7.55. The van der Waals surface area contributed by atoms with E-state index in [0.717, 1.165) is 40.3 Å². The lowest BCUT2D eigenvalue weighted by Crippen LogP contribution is -2.23. The molecule has 0 fully saturated rings. The van der Waals surface area contributed by atoms with Crippen LogP contribution >= 0.6 is 11.6 Å². The van der Waals surface area contributed by atoms with E-state index in [1.807, 2.05) is 43.5 Å². The van der Waals surface area contributed by atoms with Crippen LogP contribution < -0.4 is 14.8 Å². The summed E-state index contributed by atoms with van der Waals surface area (Å²) in [5.74, 6) is 1.17. The first kappa shape index (κ1) is 20.5. The summed E-state index contributed by atoms with van der Waals surface area (Å²) in [5, 5.41) is 7.95. The van der Waals surface area contributed by atoms with Gasteiger partial charge in [-0.05, 0) is 50.5 Å². The molecule has 0 aliphatic carbocycles. The van der Waals surface area contributed by atoms with Gasteiger partial charge in [0.15, 0.2) is 17.1 Å². The molecule has 0 radical (unpaired) electrons. The highest BCUT2D eigenvalue weighted by Gasteiger charge is 2.16. The highest BCUT2D eigenvalue weighted by atomic mass is 35.5. The molecule has 7 nitrogen and oxygen atoms in total. The van der Waals surface area contributed by atoms with Crippen molar-refractivity contribution >= 4 is 23.2 Å². The highest BCUT2D eigenvalue weighted by Crippen LogP contribution is 2.37. The van der Waals surface area contributed by atoms with Crippen LogP contribution in [0.2, 0.25) is 5.02 Å². The smallest absolute Gasteiger partial charge is 0.220 e. The summed E-state index contributed by atoms with van der Waals surface area (Å²) in [6.07, 6.45) is 1.79. The zero-order valence-corrected chi connectivity index (χ0v) is 18.2. The van der Waals surface area contributed by atoms with E-state index in [2.05, 4.69) is 15.4 Å². The number of nitrogens with one attached hydrogen (secondary N) is 1. The van der Waals surface area contributed by atoms with E-state index in [1.165, 1.54) is 0 Å². The van der Waals surface area contributed by atoms with Gasteiger partial charge < -0.3 is 14.8 Å². The molecule has 1 aliphatic heterocycles. The van der Waals surface area contributed by atoms with Gasteiger partial charge >= 0.3 is 0 Å². The first-order valence-corrected chi connectivity index (χ1v) is 10.5. The molecule has 2 aromatic heterocycles. The number of carbonyl (C=O) groups is 1. The van der Waals surface area contributed by atoms with E-state index in [4.69, 9.17) is 21.1 Å². The quantitative estimate of drug-likeness (QED) is 0.670. The van der Waals surface area contributed by atoms with Gasteiger partial charge in [-0.3, -0.25) is 4.79 Å². The van der Waals surface area contributed by atoms with Crippen molar-refractivity contribution in [3.63, 3.8) is 0 Å². The largest absolute Gasteiger partial charge is 0.489 e. The normalized spacial score (nSPS) is 13.3. The predicted octanol–water partition coefficient (Wildman–Crippen LogP) is 3.72. The van der Waals surface area contributed by atoms with Crippen LogP contribution in [0.5, 0.6) is 11.5 Å². The number of nitrogens with zero attached hydrogens (tertiary/aromatic N) is 3. The van der Waals surface area contributed by atoms with Crippen LogP contribution in [0.15, 0.2) is 18.2 Å². The zero-order chi connectivity index (χ0) is 21.3. The predicted molar refractivity (Wildman–Crippen MR) is 114 cm³/mol. The van der Waals surface area contributed by atoms with Crippen molar-refractivity contribution in [2.45, 2.75) is 46.6 Å². The number of amides is 1. The van der Waals surface area contributed by atoms with Crippen LogP contribution in [-0.2, 0) is 17.8 Å². The summed E-state index contributed by atoms with van der Waals surface area (Å²) in [5.41, 5.74) is 5.64. The molecule has 4 rings (SSSR count). The lowest BCUT2D eigenvalue weighted by molar-refractivity contribution is -0.121. The number of rotatable bonds is 5. The molecule has 8 heteroatoms. The van der Waals surface area contributed by atoms with Crippen LogP contribution in [0.3, 0.4) is 0 Å². The fraction of sp³-hybridized carbons (Fsp3) is 0.409. The van der Waals surface area contributed by atoms with Gasteiger partial charge in [0.1, 0.15) is 0 Å². The lowest BCUT2D eigenvalue weighted by Gasteiger charge is -2.13. The monoisotopic (exact) mass is 428 g/mol. The summed E-state index contributed by atoms with van der Waals surface area (Å²) < 4.78 is 13.2. The summed E-state index contributed by atoms with van der Waals surface area (Å²) in [7, 11) is 0. The molecule has 1 amide bonds. The second-order valence-corrected chi connectivity index (χ2v) is 7.96. The van der Waals surface area contributed by atoms with E-state index in [0.29, 0.717) is 49.1 Å². The van der Waals surface area contributed by atoms with Gasteiger partial charge in [-0.25, -0.2) is 9.50 Å². The maximum absolute atomic E-state index is 12.5. The molecule has 0 spiro atoms. The molecule has 158 valence electrons. The van der Waals surface area contributed by atoms with Crippen LogP contribution in [0.1, 0.15) is 41.1 Å². The molecule has 3 heterocycles. The summed E-state index contributed by atoms with van der Waals surface area (Å²) in [6.45, 7) is 7.49. The SMILES string of the molecule is Cc1cc2nc(C)c(CCC(=O)NCc3cc(Cl)c4c(c3)OCCCO4)c(C)n2n1. The highest BCUT2D eigenvalue weighted by molar-refractivity contribution is 6.32. The van der Waals surface area contributed by atoms with Crippen LogP contribution in [0.25, 0.3) is 5.65 Å². The van der Waals surface area contributed by atoms with Crippen molar-refractivity contribution in [3.8, 4) is 11.5 Å². The second kappa shape index (κ2) is 8.52. The van der Waals surface area contributed by atoms with Crippen molar-refractivity contribution in [2.24, 2.45) is 0 Å². The first-order valence-electron chi connectivity index (χ1n) is 10.1. The summed E-state index contributed by atoms with van der Waals surface area (Å²) in [6, 6.07) is 5.64. The number of hydrogen-bond donors (Lipinski definition) is 1. The Morgan fingerprint density at radius 3 is 2.83 bits per heavy atom. The third-order valence-corrected chi connectivity index (χ3v) is 5.52. The molecule has 0 bridgehead atoms. The summed E-state index contributed by atoms with van der Waals surface area (Å²) in [4.78, 5) is 17.1. The Kier molecular flexibility index (Phi) is 5.81. The number of aryl methyl sites for hydroxylation is 3. The molecule has 1 N–H and O–H groups in total. The Hall–Kier alpha value is -2.80. The number of benzene rings is 1.